The standard InChI is InChI=1S/C17H16N2O3S2/c1-19(11-16-18-14-8-3-4-9-15(14)23-16)17(20)12-6-5-7-13(10-12)24(2,21)22/h3-10H,11H2,1-2H3. The van der Waals surface area contributed by atoms with E-state index >= 15 is 0 Å². The lowest BCUT2D eigenvalue weighted by Crippen LogP contribution is -2.26. The first-order chi connectivity index (χ1) is 11.3. The minimum Gasteiger partial charge on any atom is -0.335 e. The molecule has 0 bridgehead atoms. The Morgan fingerprint density at radius 1 is 1.17 bits per heavy atom. The Morgan fingerprint density at radius 3 is 2.62 bits per heavy atom. The van der Waals surface area contributed by atoms with Gasteiger partial charge in [0, 0.05) is 18.9 Å². The summed E-state index contributed by atoms with van der Waals surface area (Å²) in [6, 6.07) is 13.9. The second-order valence-electron chi connectivity index (χ2n) is 5.54. The highest BCUT2D eigenvalue weighted by Gasteiger charge is 2.16. The highest BCUT2D eigenvalue weighted by molar-refractivity contribution is 7.90. The molecule has 1 heterocycles. The van der Waals surface area contributed by atoms with Crippen molar-refractivity contribution in [2.24, 2.45) is 0 Å². The van der Waals surface area contributed by atoms with Crippen LogP contribution in [0.15, 0.2) is 53.4 Å². The highest BCUT2D eigenvalue weighted by Crippen LogP contribution is 2.23. The van der Waals surface area contributed by atoms with Gasteiger partial charge in [0.25, 0.3) is 5.91 Å². The Labute approximate surface area is 144 Å². The molecule has 0 radical (unpaired) electrons. The van der Waals surface area contributed by atoms with Crippen LogP contribution in [-0.4, -0.2) is 37.5 Å². The van der Waals surface area contributed by atoms with E-state index in [-0.39, 0.29) is 10.8 Å². The molecule has 2 aromatic carbocycles. The third-order valence-corrected chi connectivity index (χ3v) is 5.70. The summed E-state index contributed by atoms with van der Waals surface area (Å²) in [4.78, 5) is 18.7. The van der Waals surface area contributed by atoms with Crippen LogP contribution in [0.4, 0.5) is 0 Å². The molecule has 0 fully saturated rings. The van der Waals surface area contributed by atoms with Gasteiger partial charge >= 0.3 is 0 Å². The van der Waals surface area contributed by atoms with E-state index < -0.39 is 9.84 Å². The molecule has 1 aromatic heterocycles. The molecule has 0 spiro atoms. The van der Waals surface area contributed by atoms with Crippen LogP contribution in [0.25, 0.3) is 10.2 Å². The summed E-state index contributed by atoms with van der Waals surface area (Å²) in [5, 5.41) is 0.839. The summed E-state index contributed by atoms with van der Waals surface area (Å²) in [5.74, 6) is -0.236. The van der Waals surface area contributed by atoms with Gasteiger partial charge in [-0.25, -0.2) is 13.4 Å². The number of carbonyl (C=O) groups is 1. The van der Waals surface area contributed by atoms with Gasteiger partial charge in [-0.2, -0.15) is 0 Å². The predicted molar refractivity (Wildman–Crippen MR) is 95.0 cm³/mol. The third kappa shape index (κ3) is 3.47. The fourth-order valence-electron chi connectivity index (χ4n) is 2.34. The largest absolute Gasteiger partial charge is 0.335 e. The monoisotopic (exact) mass is 360 g/mol. The Hall–Kier alpha value is -2.25. The van der Waals surface area contributed by atoms with Gasteiger partial charge in [0.15, 0.2) is 9.84 Å². The summed E-state index contributed by atoms with van der Waals surface area (Å²) in [7, 11) is -1.66. The molecule has 0 unspecified atom stereocenters. The van der Waals surface area contributed by atoms with Crippen molar-refractivity contribution in [1.29, 1.82) is 0 Å². The minimum absolute atomic E-state index is 0.140. The number of sulfone groups is 1. The van der Waals surface area contributed by atoms with Crippen molar-refractivity contribution in [3.05, 3.63) is 59.1 Å². The number of rotatable bonds is 4. The highest BCUT2D eigenvalue weighted by atomic mass is 32.2. The molecule has 124 valence electrons. The fourth-order valence-corrected chi connectivity index (χ4v) is 4.03. The van der Waals surface area contributed by atoms with Crippen LogP contribution in [0.3, 0.4) is 0 Å². The van der Waals surface area contributed by atoms with Crippen LogP contribution in [0, 0.1) is 0 Å². The first kappa shape index (κ1) is 16.6. The molecule has 0 saturated carbocycles. The summed E-state index contributed by atoms with van der Waals surface area (Å²) in [5.41, 5.74) is 1.26. The van der Waals surface area contributed by atoms with Crippen molar-refractivity contribution in [3.63, 3.8) is 0 Å². The van der Waals surface area contributed by atoms with Crippen molar-refractivity contribution < 1.29 is 13.2 Å². The molecular weight excluding hydrogens is 344 g/mol. The van der Waals surface area contributed by atoms with Crippen LogP contribution in [0.5, 0.6) is 0 Å². The molecule has 0 aliphatic rings. The molecule has 3 aromatic rings. The first-order valence-electron chi connectivity index (χ1n) is 7.24. The number of thiazole rings is 1. The molecule has 7 heteroatoms. The van der Waals surface area contributed by atoms with Gasteiger partial charge in [0.05, 0.1) is 21.7 Å². The summed E-state index contributed by atoms with van der Waals surface area (Å²) >= 11 is 1.54. The van der Waals surface area contributed by atoms with E-state index in [1.165, 1.54) is 12.1 Å². The Bertz CT molecular complexity index is 976. The van der Waals surface area contributed by atoms with Crippen molar-refractivity contribution in [2.75, 3.05) is 13.3 Å². The van der Waals surface area contributed by atoms with Gasteiger partial charge in [-0.05, 0) is 30.3 Å². The maximum absolute atomic E-state index is 12.6. The zero-order valence-electron chi connectivity index (χ0n) is 13.3. The average Bonchev–Trinajstić information content (AvgIpc) is 2.95. The molecular formula is C17H16N2O3S2. The van der Waals surface area contributed by atoms with Gasteiger partial charge in [0.1, 0.15) is 5.01 Å². The quantitative estimate of drug-likeness (QED) is 0.717. The van der Waals surface area contributed by atoms with Crippen molar-refractivity contribution >= 4 is 37.3 Å². The lowest BCUT2D eigenvalue weighted by molar-refractivity contribution is 0.0785. The minimum atomic E-state index is -3.34. The summed E-state index contributed by atoms with van der Waals surface area (Å²) in [6.07, 6.45) is 1.13. The van der Waals surface area contributed by atoms with Gasteiger partial charge in [0.2, 0.25) is 0 Å². The molecule has 0 aliphatic heterocycles. The number of amides is 1. The summed E-state index contributed by atoms with van der Waals surface area (Å²) < 4.78 is 24.3. The number of aromatic nitrogens is 1. The number of hydrogen-bond donors (Lipinski definition) is 0. The Morgan fingerprint density at radius 2 is 1.92 bits per heavy atom. The van der Waals surface area contributed by atoms with Gasteiger partial charge in [-0.15, -0.1) is 11.3 Å². The second kappa shape index (κ2) is 6.33. The predicted octanol–water partition coefficient (Wildman–Crippen LogP) is 2.97. The van der Waals surface area contributed by atoms with Gasteiger partial charge in [-0.1, -0.05) is 18.2 Å². The van der Waals surface area contributed by atoms with E-state index in [4.69, 9.17) is 0 Å². The van der Waals surface area contributed by atoms with Crippen LogP contribution in [-0.2, 0) is 16.4 Å². The number of benzene rings is 2. The maximum atomic E-state index is 12.6. The molecule has 24 heavy (non-hydrogen) atoms. The zero-order valence-corrected chi connectivity index (χ0v) is 14.9. The third-order valence-electron chi connectivity index (χ3n) is 3.57. The average molecular weight is 360 g/mol. The number of fused-ring (bicyclic) bond motifs is 1. The molecule has 3 rings (SSSR count). The van der Waals surface area contributed by atoms with Crippen molar-refractivity contribution in [1.82, 2.24) is 9.88 Å². The number of carbonyl (C=O) groups excluding carboxylic acids is 1. The topological polar surface area (TPSA) is 67.3 Å². The number of para-hydroxylation sites is 1. The van der Waals surface area contributed by atoms with Crippen LogP contribution in [0.1, 0.15) is 15.4 Å². The van der Waals surface area contributed by atoms with E-state index in [1.54, 1.807) is 35.4 Å². The van der Waals surface area contributed by atoms with Crippen LogP contribution >= 0.6 is 11.3 Å². The van der Waals surface area contributed by atoms with Crippen molar-refractivity contribution in [2.45, 2.75) is 11.4 Å². The molecule has 0 saturated heterocycles. The molecule has 5 nitrogen and oxygen atoms in total. The number of nitrogens with zero attached hydrogens (tertiary/aromatic N) is 2. The maximum Gasteiger partial charge on any atom is 0.254 e. The van der Waals surface area contributed by atoms with Crippen LogP contribution in [0.2, 0.25) is 0 Å². The first-order valence-corrected chi connectivity index (χ1v) is 9.95. The normalized spacial score (nSPS) is 11.6. The van der Waals surface area contributed by atoms with Gasteiger partial charge in [-0.3, -0.25) is 4.79 Å². The van der Waals surface area contributed by atoms with Crippen LogP contribution < -0.4 is 0 Å². The fraction of sp³-hybridized carbons (Fsp3) is 0.176. The van der Waals surface area contributed by atoms with E-state index in [9.17, 15) is 13.2 Å². The Kier molecular flexibility index (Phi) is 4.38. The zero-order chi connectivity index (χ0) is 17.3. The van der Waals surface area contributed by atoms with E-state index in [1.807, 2.05) is 24.3 Å². The lowest BCUT2D eigenvalue weighted by atomic mass is 10.2. The van der Waals surface area contributed by atoms with E-state index in [0.717, 1.165) is 21.5 Å². The van der Waals surface area contributed by atoms with Gasteiger partial charge < -0.3 is 4.90 Å². The molecule has 0 atom stereocenters. The summed E-state index contributed by atoms with van der Waals surface area (Å²) in [6.45, 7) is 0.376. The van der Waals surface area contributed by atoms with Crippen molar-refractivity contribution in [3.8, 4) is 0 Å². The molecule has 0 N–H and O–H groups in total. The number of hydrogen-bond acceptors (Lipinski definition) is 5. The second-order valence-corrected chi connectivity index (χ2v) is 8.67. The van der Waals surface area contributed by atoms with E-state index in [2.05, 4.69) is 4.98 Å². The Balaban J connectivity index is 1.82. The lowest BCUT2D eigenvalue weighted by Gasteiger charge is -2.16. The molecule has 1 amide bonds. The SMILES string of the molecule is CN(Cc1nc2ccccc2s1)C(=O)c1cccc(S(C)(=O)=O)c1. The smallest absolute Gasteiger partial charge is 0.254 e. The van der Waals surface area contributed by atoms with E-state index in [0.29, 0.717) is 12.1 Å². The molecule has 0 aliphatic carbocycles.